The number of ether oxygens (including phenoxy) is 1. The van der Waals surface area contributed by atoms with Crippen molar-refractivity contribution in [3.63, 3.8) is 0 Å². The van der Waals surface area contributed by atoms with Crippen molar-refractivity contribution in [2.24, 2.45) is 50.7 Å². The van der Waals surface area contributed by atoms with Crippen LogP contribution in [-0.2, 0) is 14.3 Å². The highest BCUT2D eigenvalue weighted by Crippen LogP contribution is 2.90. The molecule has 0 aliphatic heterocycles. The predicted molar refractivity (Wildman–Crippen MR) is 144 cm³/mol. The maximum absolute atomic E-state index is 12.1. The summed E-state index contributed by atoms with van der Waals surface area (Å²) in [6.07, 6.45) is 12.4. The molecule has 0 unspecified atom stereocenters. The number of aliphatic carboxylic acids is 1. The van der Waals surface area contributed by atoms with Crippen molar-refractivity contribution in [3.05, 3.63) is 11.6 Å². The second-order valence-electron chi connectivity index (χ2n) is 14.9. The smallest absolute Gasteiger partial charge is 0.330 e. The van der Waals surface area contributed by atoms with Gasteiger partial charge in [0.15, 0.2) is 0 Å². The van der Waals surface area contributed by atoms with Crippen molar-refractivity contribution in [2.75, 3.05) is 0 Å². The molecular formula is C32H50O5. The van der Waals surface area contributed by atoms with E-state index in [9.17, 15) is 19.8 Å². The fourth-order valence-electron chi connectivity index (χ4n) is 11.7. The Labute approximate surface area is 223 Å². The summed E-state index contributed by atoms with van der Waals surface area (Å²) in [5, 5.41) is 21.3. The Balaban J connectivity index is 1.39. The Morgan fingerprint density at radius 3 is 2.38 bits per heavy atom. The van der Waals surface area contributed by atoms with Gasteiger partial charge in [-0.25, -0.2) is 4.79 Å². The molecule has 0 amide bonds. The van der Waals surface area contributed by atoms with Gasteiger partial charge < -0.3 is 14.9 Å². The van der Waals surface area contributed by atoms with Crippen LogP contribution >= 0.6 is 0 Å². The molecular weight excluding hydrogens is 464 g/mol. The molecule has 0 saturated heterocycles. The number of allylic oxidation sites excluding steroid dienone is 1. The Kier molecular flexibility index (Phi) is 6.30. The summed E-state index contributed by atoms with van der Waals surface area (Å²) in [6.45, 7) is 15.1. The van der Waals surface area contributed by atoms with Crippen molar-refractivity contribution >= 4 is 11.9 Å². The van der Waals surface area contributed by atoms with E-state index < -0.39 is 5.97 Å². The molecule has 208 valence electrons. The number of fused-ring (bicyclic) bond motifs is 3. The number of rotatable bonds is 6. The van der Waals surface area contributed by atoms with Crippen molar-refractivity contribution in [3.8, 4) is 0 Å². The Bertz CT molecular complexity index is 999. The number of carbonyl (C=O) groups excluding carboxylic acids is 1. The van der Waals surface area contributed by atoms with Crippen LogP contribution in [0.4, 0.5) is 0 Å². The summed E-state index contributed by atoms with van der Waals surface area (Å²) in [4.78, 5) is 23.1. The van der Waals surface area contributed by atoms with Crippen LogP contribution < -0.4 is 0 Å². The third-order valence-corrected chi connectivity index (χ3v) is 13.5. The summed E-state index contributed by atoms with van der Waals surface area (Å²) in [5.74, 6) is 1.08. The van der Waals surface area contributed by atoms with Crippen LogP contribution in [0, 0.1) is 50.7 Å². The molecule has 5 fully saturated rings. The SMILES string of the molecule is CC(=O)O[C@@H]1CC[C@]2(C)[C@H]3CC[C@]45C[C@]4(CC[C@H]5[C@@H](C)CC/C=C(\C)C(=O)O)[C@]3(C)[C@H](O)C[C@H]2C1(C)C. The number of hydrogen-bond donors (Lipinski definition) is 2. The third kappa shape index (κ3) is 3.50. The first-order valence-corrected chi connectivity index (χ1v) is 14.9. The van der Waals surface area contributed by atoms with E-state index in [1.807, 2.05) is 6.08 Å². The molecule has 0 aromatic heterocycles. The quantitative estimate of drug-likeness (QED) is 0.302. The normalized spacial score (nSPS) is 48.6. The molecule has 0 bridgehead atoms. The molecule has 0 heterocycles. The zero-order valence-corrected chi connectivity index (χ0v) is 24.2. The highest BCUT2D eigenvalue weighted by Gasteiger charge is 2.85. The van der Waals surface area contributed by atoms with Crippen LogP contribution in [0.3, 0.4) is 0 Å². The summed E-state index contributed by atoms with van der Waals surface area (Å²) < 4.78 is 5.84. The molecule has 0 spiro atoms. The van der Waals surface area contributed by atoms with Gasteiger partial charge in [-0.3, -0.25) is 4.79 Å². The number of aliphatic hydroxyl groups is 1. The molecule has 5 saturated carbocycles. The monoisotopic (exact) mass is 514 g/mol. The van der Waals surface area contributed by atoms with E-state index in [0.717, 1.165) is 32.1 Å². The molecule has 5 rings (SSSR count). The van der Waals surface area contributed by atoms with Gasteiger partial charge in [0.1, 0.15) is 6.10 Å². The van der Waals surface area contributed by atoms with E-state index in [4.69, 9.17) is 4.74 Å². The molecule has 0 aromatic rings. The lowest BCUT2D eigenvalue weighted by molar-refractivity contribution is -0.245. The lowest BCUT2D eigenvalue weighted by Crippen LogP contribution is -2.66. The zero-order valence-electron chi connectivity index (χ0n) is 24.2. The summed E-state index contributed by atoms with van der Waals surface area (Å²) in [5.41, 5.74) is 1.00. The lowest BCUT2D eigenvalue weighted by Gasteiger charge is -2.68. The summed E-state index contributed by atoms with van der Waals surface area (Å²) in [6, 6.07) is 0. The van der Waals surface area contributed by atoms with Crippen LogP contribution in [-0.4, -0.2) is 34.4 Å². The van der Waals surface area contributed by atoms with Crippen LogP contribution in [0.2, 0.25) is 0 Å². The molecule has 5 nitrogen and oxygen atoms in total. The molecule has 5 aliphatic rings. The van der Waals surface area contributed by atoms with Gasteiger partial charge in [-0.15, -0.1) is 0 Å². The number of carbonyl (C=O) groups is 2. The second-order valence-corrected chi connectivity index (χ2v) is 14.9. The average molecular weight is 515 g/mol. The van der Waals surface area contributed by atoms with Crippen molar-refractivity contribution in [1.29, 1.82) is 0 Å². The topological polar surface area (TPSA) is 83.8 Å². The lowest BCUT2D eigenvalue weighted by atomic mass is 9.37. The number of carboxylic acids is 1. The van der Waals surface area contributed by atoms with E-state index in [1.165, 1.54) is 39.0 Å². The van der Waals surface area contributed by atoms with Gasteiger partial charge in [-0.2, -0.15) is 0 Å². The van der Waals surface area contributed by atoms with Gasteiger partial charge in [0.2, 0.25) is 0 Å². The highest BCUT2D eigenvalue weighted by molar-refractivity contribution is 5.85. The summed E-state index contributed by atoms with van der Waals surface area (Å²) >= 11 is 0. The van der Waals surface area contributed by atoms with Crippen LogP contribution in [0.5, 0.6) is 0 Å². The number of hydrogen-bond acceptors (Lipinski definition) is 4. The maximum Gasteiger partial charge on any atom is 0.330 e. The molecule has 2 N–H and O–H groups in total. The van der Waals surface area contributed by atoms with Gasteiger partial charge >= 0.3 is 11.9 Å². The minimum Gasteiger partial charge on any atom is -0.478 e. The first kappa shape index (κ1) is 27.2. The fourth-order valence-corrected chi connectivity index (χ4v) is 11.7. The van der Waals surface area contributed by atoms with E-state index >= 15 is 0 Å². The van der Waals surface area contributed by atoms with Crippen molar-refractivity contribution in [1.82, 2.24) is 0 Å². The third-order valence-electron chi connectivity index (χ3n) is 13.5. The van der Waals surface area contributed by atoms with Crippen LogP contribution in [0.25, 0.3) is 0 Å². The number of esters is 1. The Morgan fingerprint density at radius 1 is 1.03 bits per heavy atom. The minimum atomic E-state index is -0.817. The van der Waals surface area contributed by atoms with Crippen molar-refractivity contribution < 1.29 is 24.5 Å². The first-order chi connectivity index (χ1) is 17.2. The van der Waals surface area contributed by atoms with Gasteiger partial charge in [0, 0.05) is 23.3 Å². The van der Waals surface area contributed by atoms with Gasteiger partial charge in [0.05, 0.1) is 6.10 Å². The average Bonchev–Trinajstić information content (AvgIpc) is 3.38. The standard InChI is InChI=1S/C32H50O5/c1-19(9-8-10-20(2)27(35)36)22-11-16-32-18-31(22,32)15-12-23-29(6)14-13-26(37-21(3)33)28(4,5)24(29)17-25(34)30(23,32)7/h10,19,22-26,34H,8-9,11-18H2,1-7H3,(H,35,36)/b20-10+/t19-,22-,23+,24-,25+,26+,29+,30-,31+,32+/m0/s1. The minimum absolute atomic E-state index is 0.0604. The Morgan fingerprint density at radius 2 is 1.73 bits per heavy atom. The van der Waals surface area contributed by atoms with E-state index in [2.05, 4.69) is 34.6 Å². The van der Waals surface area contributed by atoms with E-state index in [-0.39, 0.29) is 39.8 Å². The van der Waals surface area contributed by atoms with Gasteiger partial charge in [-0.05, 0) is 111 Å². The van der Waals surface area contributed by atoms with Crippen molar-refractivity contribution in [2.45, 2.75) is 125 Å². The van der Waals surface area contributed by atoms with Crippen LogP contribution in [0.1, 0.15) is 113 Å². The molecule has 0 aromatic carbocycles. The zero-order chi connectivity index (χ0) is 27.2. The fraction of sp³-hybridized carbons (Fsp3) is 0.875. The molecule has 5 aliphatic carbocycles. The molecule has 0 radical (unpaired) electrons. The molecule has 10 atom stereocenters. The molecule has 5 heteroatoms. The first-order valence-electron chi connectivity index (χ1n) is 14.9. The summed E-state index contributed by atoms with van der Waals surface area (Å²) in [7, 11) is 0. The largest absolute Gasteiger partial charge is 0.478 e. The van der Waals surface area contributed by atoms with E-state index in [0.29, 0.717) is 34.7 Å². The highest BCUT2D eigenvalue weighted by atomic mass is 16.5. The molecule has 37 heavy (non-hydrogen) atoms. The maximum atomic E-state index is 12.1. The Hall–Kier alpha value is -1.36. The van der Waals surface area contributed by atoms with E-state index in [1.54, 1.807) is 6.92 Å². The second kappa shape index (κ2) is 8.57. The number of aliphatic hydroxyl groups excluding tert-OH is 1. The van der Waals surface area contributed by atoms with Gasteiger partial charge in [-0.1, -0.05) is 40.7 Å². The predicted octanol–water partition coefficient (Wildman–Crippen LogP) is 6.78. The number of carboxylic acid groups (broad SMARTS) is 1. The van der Waals surface area contributed by atoms with Crippen LogP contribution in [0.15, 0.2) is 11.6 Å². The van der Waals surface area contributed by atoms with Gasteiger partial charge in [0.25, 0.3) is 0 Å².